The third-order valence-electron chi connectivity index (χ3n) is 2.17. The molecule has 13 heavy (non-hydrogen) atoms. The normalized spacial score (nSPS) is 19.2. The summed E-state index contributed by atoms with van der Waals surface area (Å²) in [6.45, 7) is 5.10. The van der Waals surface area contributed by atoms with Crippen LogP contribution in [0.1, 0.15) is 13.8 Å². The van der Waals surface area contributed by atoms with Crippen molar-refractivity contribution in [3.8, 4) is 0 Å². The van der Waals surface area contributed by atoms with Crippen molar-refractivity contribution in [2.45, 2.75) is 13.8 Å². The molecule has 2 heteroatoms. The van der Waals surface area contributed by atoms with Gasteiger partial charge in [-0.2, -0.15) is 0 Å². The Morgan fingerprint density at radius 2 is 2.23 bits per heavy atom. The van der Waals surface area contributed by atoms with Crippen LogP contribution in [-0.4, -0.2) is 24.2 Å². The lowest BCUT2D eigenvalue weighted by atomic mass is 9.99. The van der Waals surface area contributed by atoms with Crippen molar-refractivity contribution < 1.29 is 0 Å². The van der Waals surface area contributed by atoms with Gasteiger partial charge in [0.2, 0.25) is 0 Å². The van der Waals surface area contributed by atoms with Crippen LogP contribution in [0.4, 0.5) is 0 Å². The molecular weight excluding hydrogens is 160 g/mol. The lowest BCUT2D eigenvalue weighted by molar-refractivity contribution is 0.482. The van der Waals surface area contributed by atoms with Crippen molar-refractivity contribution >= 4 is 5.71 Å². The largest absolute Gasteiger partial charge is 0.380 e. The first-order valence-corrected chi connectivity index (χ1v) is 4.51. The zero-order valence-electron chi connectivity index (χ0n) is 8.46. The Hall–Kier alpha value is -1.31. The first kappa shape index (κ1) is 9.78. The summed E-state index contributed by atoms with van der Waals surface area (Å²) in [5.41, 5.74) is 2.78. The Bertz CT molecular complexity index is 295. The second-order valence-corrected chi connectivity index (χ2v) is 3.24. The van der Waals surface area contributed by atoms with Gasteiger partial charge in [0, 0.05) is 25.4 Å². The average molecular weight is 176 g/mol. The quantitative estimate of drug-likeness (QED) is 0.687. The van der Waals surface area contributed by atoms with E-state index in [4.69, 9.17) is 5.41 Å². The van der Waals surface area contributed by atoms with Gasteiger partial charge in [-0.15, -0.1) is 0 Å². The van der Waals surface area contributed by atoms with E-state index in [-0.39, 0.29) is 0 Å². The number of nitrogens with one attached hydrogen (secondary N) is 1. The topological polar surface area (TPSA) is 27.1 Å². The van der Waals surface area contributed by atoms with Gasteiger partial charge in [-0.25, -0.2) is 0 Å². The fraction of sp³-hybridized carbons (Fsp3) is 0.364. The van der Waals surface area contributed by atoms with Crippen LogP contribution in [0.5, 0.6) is 0 Å². The standard InChI is InChI=1S/C11H16N2/c1-4-13(3)8-10-9(2)6-5-7-11(10)12/h5-8,12H,4H2,1-3H3/b10-8-,12-11?. The van der Waals surface area contributed by atoms with Crippen LogP contribution in [0.3, 0.4) is 0 Å². The Kier molecular flexibility index (Phi) is 3.07. The number of allylic oxidation sites excluding steroid dienone is 5. The van der Waals surface area contributed by atoms with Crippen molar-refractivity contribution in [3.63, 3.8) is 0 Å². The second-order valence-electron chi connectivity index (χ2n) is 3.24. The average Bonchev–Trinajstić information content (AvgIpc) is 2.11. The number of rotatable bonds is 2. The van der Waals surface area contributed by atoms with Gasteiger partial charge >= 0.3 is 0 Å². The summed E-state index contributed by atoms with van der Waals surface area (Å²) in [7, 11) is 2.02. The van der Waals surface area contributed by atoms with Gasteiger partial charge in [0.05, 0.1) is 5.71 Å². The molecule has 1 aliphatic rings. The lowest BCUT2D eigenvalue weighted by Crippen LogP contribution is -2.13. The molecule has 0 saturated carbocycles. The maximum Gasteiger partial charge on any atom is 0.0629 e. The molecule has 0 aromatic carbocycles. The molecule has 0 heterocycles. The van der Waals surface area contributed by atoms with E-state index in [0.717, 1.165) is 17.7 Å². The van der Waals surface area contributed by atoms with Gasteiger partial charge < -0.3 is 10.3 Å². The summed E-state index contributed by atoms with van der Waals surface area (Å²) in [5, 5.41) is 7.72. The zero-order valence-corrected chi connectivity index (χ0v) is 8.46. The fourth-order valence-corrected chi connectivity index (χ4v) is 1.16. The Balaban J connectivity index is 2.90. The Morgan fingerprint density at radius 3 is 2.77 bits per heavy atom. The zero-order chi connectivity index (χ0) is 9.84. The molecule has 0 spiro atoms. The summed E-state index contributed by atoms with van der Waals surface area (Å²) in [5.74, 6) is 0. The van der Waals surface area contributed by atoms with Crippen LogP contribution in [0.15, 0.2) is 35.6 Å². The molecule has 1 aliphatic carbocycles. The SMILES string of the molecule is CCN(C)/C=C1\C(=N)C=CC=C1C. The molecule has 0 unspecified atom stereocenters. The van der Waals surface area contributed by atoms with Gasteiger partial charge in [-0.3, -0.25) is 0 Å². The van der Waals surface area contributed by atoms with E-state index in [1.807, 2.05) is 38.4 Å². The minimum atomic E-state index is 0.598. The fourth-order valence-electron chi connectivity index (χ4n) is 1.16. The minimum absolute atomic E-state index is 0.598. The second kappa shape index (κ2) is 4.08. The molecule has 0 aromatic rings. The van der Waals surface area contributed by atoms with E-state index in [1.165, 1.54) is 0 Å². The van der Waals surface area contributed by atoms with Crippen molar-refractivity contribution in [1.82, 2.24) is 4.90 Å². The molecule has 1 N–H and O–H groups in total. The van der Waals surface area contributed by atoms with Crippen LogP contribution >= 0.6 is 0 Å². The van der Waals surface area contributed by atoms with Crippen LogP contribution in [-0.2, 0) is 0 Å². The first-order valence-electron chi connectivity index (χ1n) is 4.51. The van der Waals surface area contributed by atoms with Gasteiger partial charge in [-0.05, 0) is 25.5 Å². The highest BCUT2D eigenvalue weighted by Gasteiger charge is 2.07. The molecule has 1 rings (SSSR count). The summed E-state index contributed by atoms with van der Waals surface area (Å²) in [6.07, 6.45) is 7.80. The summed E-state index contributed by atoms with van der Waals surface area (Å²) >= 11 is 0. The summed E-state index contributed by atoms with van der Waals surface area (Å²) in [4.78, 5) is 2.08. The molecule has 0 aliphatic heterocycles. The number of hydrogen-bond acceptors (Lipinski definition) is 2. The predicted octanol–water partition coefficient (Wildman–Crippen LogP) is 2.36. The van der Waals surface area contributed by atoms with Crippen molar-refractivity contribution in [1.29, 1.82) is 5.41 Å². The Labute approximate surface area is 79.8 Å². The third-order valence-corrected chi connectivity index (χ3v) is 2.17. The van der Waals surface area contributed by atoms with E-state index >= 15 is 0 Å². The van der Waals surface area contributed by atoms with Gasteiger partial charge in [0.15, 0.2) is 0 Å². The van der Waals surface area contributed by atoms with E-state index in [1.54, 1.807) is 0 Å². The number of hydrogen-bond donors (Lipinski definition) is 1. The molecule has 0 amide bonds. The van der Waals surface area contributed by atoms with Crippen LogP contribution in [0.25, 0.3) is 0 Å². The molecule has 0 fully saturated rings. The van der Waals surface area contributed by atoms with Gasteiger partial charge in [-0.1, -0.05) is 12.2 Å². The Morgan fingerprint density at radius 1 is 1.54 bits per heavy atom. The minimum Gasteiger partial charge on any atom is -0.380 e. The summed E-state index contributed by atoms with van der Waals surface area (Å²) < 4.78 is 0. The van der Waals surface area contributed by atoms with Crippen LogP contribution < -0.4 is 0 Å². The van der Waals surface area contributed by atoms with E-state index < -0.39 is 0 Å². The van der Waals surface area contributed by atoms with Crippen LogP contribution in [0, 0.1) is 5.41 Å². The summed E-state index contributed by atoms with van der Waals surface area (Å²) in [6, 6.07) is 0. The van der Waals surface area contributed by atoms with Crippen LogP contribution in [0.2, 0.25) is 0 Å². The molecule has 0 bridgehead atoms. The molecule has 0 saturated heterocycles. The number of nitrogens with zero attached hydrogens (tertiary/aromatic N) is 1. The smallest absolute Gasteiger partial charge is 0.0629 e. The highest BCUT2D eigenvalue weighted by molar-refractivity contribution is 6.10. The molecular formula is C11H16N2. The van der Waals surface area contributed by atoms with Crippen molar-refractivity contribution in [2.24, 2.45) is 0 Å². The molecule has 2 nitrogen and oxygen atoms in total. The van der Waals surface area contributed by atoms with E-state index in [9.17, 15) is 0 Å². The van der Waals surface area contributed by atoms with E-state index in [2.05, 4.69) is 11.8 Å². The first-order chi connectivity index (χ1) is 6.15. The maximum absolute atomic E-state index is 7.72. The van der Waals surface area contributed by atoms with Gasteiger partial charge in [0.1, 0.15) is 0 Å². The molecule has 0 atom stereocenters. The highest BCUT2D eigenvalue weighted by Crippen LogP contribution is 2.16. The van der Waals surface area contributed by atoms with Gasteiger partial charge in [0.25, 0.3) is 0 Å². The maximum atomic E-state index is 7.72. The monoisotopic (exact) mass is 176 g/mol. The third kappa shape index (κ3) is 2.31. The predicted molar refractivity (Wildman–Crippen MR) is 57.0 cm³/mol. The molecule has 70 valence electrons. The molecule has 0 aromatic heterocycles. The highest BCUT2D eigenvalue weighted by atomic mass is 15.1. The van der Waals surface area contributed by atoms with Crippen molar-refractivity contribution in [3.05, 3.63) is 35.6 Å². The lowest BCUT2D eigenvalue weighted by Gasteiger charge is -2.16. The van der Waals surface area contributed by atoms with E-state index in [0.29, 0.717) is 5.71 Å². The molecule has 0 radical (unpaired) electrons. The van der Waals surface area contributed by atoms with Crippen molar-refractivity contribution in [2.75, 3.05) is 13.6 Å².